The molecule has 0 spiro atoms. The first kappa shape index (κ1) is 27.5. The van der Waals surface area contributed by atoms with Crippen LogP contribution in [0.15, 0.2) is 60.7 Å². The molecule has 180 valence electrons. The molecule has 0 saturated heterocycles. The zero-order valence-corrected chi connectivity index (χ0v) is 22.5. The number of hydrogen-bond donors (Lipinski definition) is 0. The molecule has 0 unspecified atom stereocenters. The smallest absolute Gasteiger partial charge is 0.0240 e. The van der Waals surface area contributed by atoms with Crippen molar-refractivity contribution in [1.82, 2.24) is 9.80 Å². The van der Waals surface area contributed by atoms with Crippen molar-refractivity contribution in [3.8, 4) is 23.7 Å². The van der Waals surface area contributed by atoms with Gasteiger partial charge in [0.1, 0.15) is 0 Å². The highest BCUT2D eigenvalue weighted by Crippen LogP contribution is 2.24. The Morgan fingerprint density at radius 1 is 0.647 bits per heavy atom. The molecule has 2 rings (SSSR count). The molecule has 0 aromatic heterocycles. The van der Waals surface area contributed by atoms with Gasteiger partial charge in [0.25, 0.3) is 0 Å². The van der Waals surface area contributed by atoms with E-state index in [0.717, 1.165) is 26.2 Å². The maximum atomic E-state index is 3.25. The highest BCUT2D eigenvalue weighted by atomic mass is 15.1. The van der Waals surface area contributed by atoms with Crippen molar-refractivity contribution >= 4 is 10.8 Å². The Balaban J connectivity index is 2.05. The molecule has 0 fully saturated rings. The maximum Gasteiger partial charge on any atom is 0.0240 e. The van der Waals surface area contributed by atoms with Crippen LogP contribution in [0.1, 0.15) is 52.7 Å². The van der Waals surface area contributed by atoms with E-state index in [1.807, 2.05) is 12.2 Å². The van der Waals surface area contributed by atoms with Crippen LogP contribution in [-0.2, 0) is 13.1 Å². The first-order chi connectivity index (χ1) is 15.9. The van der Waals surface area contributed by atoms with E-state index >= 15 is 0 Å². The fourth-order valence-corrected chi connectivity index (χ4v) is 3.53. The minimum Gasteiger partial charge on any atom is -0.298 e. The van der Waals surface area contributed by atoms with E-state index in [1.165, 1.54) is 21.9 Å². The molecular weight excluding hydrogens is 412 g/mol. The van der Waals surface area contributed by atoms with E-state index in [-0.39, 0.29) is 10.8 Å². The van der Waals surface area contributed by atoms with Crippen molar-refractivity contribution in [1.29, 1.82) is 0 Å². The van der Waals surface area contributed by atoms with Crippen molar-refractivity contribution in [3.63, 3.8) is 0 Å². The fourth-order valence-electron chi connectivity index (χ4n) is 3.53. The van der Waals surface area contributed by atoms with E-state index < -0.39 is 0 Å². The largest absolute Gasteiger partial charge is 0.298 e. The topological polar surface area (TPSA) is 6.48 Å². The summed E-state index contributed by atoms with van der Waals surface area (Å²) >= 11 is 0. The molecule has 0 heterocycles. The highest BCUT2D eigenvalue weighted by Gasteiger charge is 2.08. The molecule has 0 aliphatic heterocycles. The first-order valence-corrected chi connectivity index (χ1v) is 12.2. The van der Waals surface area contributed by atoms with Crippen molar-refractivity contribution < 1.29 is 0 Å². The lowest BCUT2D eigenvalue weighted by Crippen LogP contribution is -2.18. The van der Waals surface area contributed by atoms with Crippen LogP contribution in [0.4, 0.5) is 0 Å². The van der Waals surface area contributed by atoms with Gasteiger partial charge in [-0.25, -0.2) is 0 Å². The molecule has 2 aromatic carbocycles. The quantitative estimate of drug-likeness (QED) is 0.400. The second-order valence-corrected chi connectivity index (χ2v) is 11.2. The molecule has 0 N–H and O–H groups in total. The summed E-state index contributed by atoms with van der Waals surface area (Å²) in [5.41, 5.74) is 2.80. The second kappa shape index (κ2) is 12.6. The third-order valence-electron chi connectivity index (χ3n) is 5.11. The Labute approximate surface area is 208 Å². The van der Waals surface area contributed by atoms with Crippen LogP contribution < -0.4 is 0 Å². The van der Waals surface area contributed by atoms with Gasteiger partial charge in [0, 0.05) is 37.0 Å². The normalized spacial score (nSPS) is 12.4. The zero-order valence-electron chi connectivity index (χ0n) is 22.5. The van der Waals surface area contributed by atoms with Crippen molar-refractivity contribution in [2.24, 2.45) is 10.8 Å². The van der Waals surface area contributed by atoms with Gasteiger partial charge in [-0.05, 0) is 89.7 Å². The van der Waals surface area contributed by atoms with E-state index in [2.05, 4.69) is 138 Å². The Bertz CT molecular complexity index is 1020. The first-order valence-electron chi connectivity index (χ1n) is 12.2. The van der Waals surface area contributed by atoms with Crippen LogP contribution in [0.3, 0.4) is 0 Å². The predicted molar refractivity (Wildman–Crippen MR) is 149 cm³/mol. The average molecular weight is 455 g/mol. The summed E-state index contributed by atoms with van der Waals surface area (Å²) in [6.45, 7) is 16.4. The van der Waals surface area contributed by atoms with Gasteiger partial charge < -0.3 is 0 Å². The van der Waals surface area contributed by atoms with Crippen LogP contribution in [0.5, 0.6) is 0 Å². The molecule has 0 saturated carbocycles. The van der Waals surface area contributed by atoms with Crippen LogP contribution in [-0.4, -0.2) is 37.0 Å². The lowest BCUT2D eigenvalue weighted by atomic mass is 9.98. The minimum atomic E-state index is 0.0433. The van der Waals surface area contributed by atoms with E-state index in [0.29, 0.717) is 0 Å². The zero-order chi connectivity index (χ0) is 25.2. The van der Waals surface area contributed by atoms with Crippen molar-refractivity contribution in [2.75, 3.05) is 27.2 Å². The Morgan fingerprint density at radius 2 is 1.03 bits per heavy atom. The lowest BCUT2D eigenvalue weighted by Gasteiger charge is -2.19. The lowest BCUT2D eigenvalue weighted by molar-refractivity contribution is 0.363. The van der Waals surface area contributed by atoms with Crippen molar-refractivity contribution in [2.45, 2.75) is 54.6 Å². The Hall–Kier alpha value is -2.78. The minimum absolute atomic E-state index is 0.0433. The summed E-state index contributed by atoms with van der Waals surface area (Å²) in [5, 5.41) is 2.67. The molecule has 34 heavy (non-hydrogen) atoms. The third-order valence-corrected chi connectivity index (χ3v) is 5.11. The molecule has 2 heteroatoms. The number of fused-ring (bicyclic) bond motifs is 1. The van der Waals surface area contributed by atoms with Gasteiger partial charge in [-0.3, -0.25) is 9.80 Å². The van der Waals surface area contributed by atoms with Gasteiger partial charge in [0.15, 0.2) is 0 Å². The maximum absolute atomic E-state index is 3.25. The fraction of sp³-hybridized carbons (Fsp3) is 0.438. The van der Waals surface area contributed by atoms with Gasteiger partial charge in [-0.15, -0.1) is 0 Å². The summed E-state index contributed by atoms with van der Waals surface area (Å²) in [6, 6.07) is 13.3. The van der Waals surface area contributed by atoms with Gasteiger partial charge in [-0.2, -0.15) is 0 Å². The van der Waals surface area contributed by atoms with Gasteiger partial charge in [-0.1, -0.05) is 72.2 Å². The molecule has 2 nitrogen and oxygen atoms in total. The third kappa shape index (κ3) is 10.4. The summed E-state index contributed by atoms with van der Waals surface area (Å²) in [6.07, 6.45) is 8.23. The molecule has 0 radical (unpaired) electrons. The standard InChI is InChI=1S/C32H42N2/c1-31(2,3)21-11-9-13-23-33(7)25-27-17-15-20-30-28(18-16-19-29(27)30)26-34(8)24-14-10-12-22-32(4,5)6/h9-10,13-20H,23-26H2,1-8H3/b13-9+,14-10+. The van der Waals surface area contributed by atoms with Gasteiger partial charge in [0.2, 0.25) is 0 Å². The van der Waals surface area contributed by atoms with E-state index in [1.54, 1.807) is 0 Å². The van der Waals surface area contributed by atoms with Gasteiger partial charge in [0.05, 0.1) is 0 Å². The molecule has 0 atom stereocenters. The summed E-state index contributed by atoms with van der Waals surface area (Å²) in [7, 11) is 4.32. The number of rotatable bonds is 8. The Kier molecular flexibility index (Phi) is 10.2. The number of nitrogens with zero attached hydrogens (tertiary/aromatic N) is 2. The van der Waals surface area contributed by atoms with E-state index in [4.69, 9.17) is 0 Å². The summed E-state index contributed by atoms with van der Waals surface area (Å²) in [5.74, 6) is 12.8. The van der Waals surface area contributed by atoms with Crippen LogP contribution in [0, 0.1) is 34.5 Å². The highest BCUT2D eigenvalue weighted by molar-refractivity contribution is 5.88. The van der Waals surface area contributed by atoms with Crippen LogP contribution in [0.25, 0.3) is 10.8 Å². The molecule has 0 bridgehead atoms. The molecule has 0 aliphatic rings. The molecule has 0 amide bonds. The van der Waals surface area contributed by atoms with Crippen LogP contribution >= 0.6 is 0 Å². The number of likely N-dealkylation sites (N-methyl/N-ethyl adjacent to an activating group) is 2. The van der Waals surface area contributed by atoms with E-state index in [9.17, 15) is 0 Å². The number of hydrogen-bond acceptors (Lipinski definition) is 2. The summed E-state index contributed by atoms with van der Waals surface area (Å²) in [4.78, 5) is 4.65. The van der Waals surface area contributed by atoms with Gasteiger partial charge >= 0.3 is 0 Å². The predicted octanol–water partition coefficient (Wildman–Crippen LogP) is 6.91. The van der Waals surface area contributed by atoms with Crippen molar-refractivity contribution in [3.05, 3.63) is 71.8 Å². The molecular formula is C32H42N2. The summed E-state index contributed by atoms with van der Waals surface area (Å²) < 4.78 is 0. The average Bonchev–Trinajstić information content (AvgIpc) is 2.72. The SMILES string of the molecule is CN(C/C=C/C#CC(C)(C)C)Cc1cccc2c(CN(C)C/C=C/C#CC(C)(C)C)cccc12. The monoisotopic (exact) mass is 454 g/mol. The second-order valence-electron chi connectivity index (χ2n) is 11.2. The molecule has 0 aliphatic carbocycles. The number of allylic oxidation sites excluding steroid dienone is 2. The van der Waals surface area contributed by atoms with Crippen LogP contribution in [0.2, 0.25) is 0 Å². The number of benzene rings is 2. The Morgan fingerprint density at radius 3 is 1.38 bits per heavy atom. The molecule has 2 aromatic rings.